The van der Waals surface area contributed by atoms with Crippen molar-refractivity contribution in [1.82, 2.24) is 10.3 Å². The van der Waals surface area contributed by atoms with Crippen LogP contribution in [0.4, 0.5) is 0 Å². The van der Waals surface area contributed by atoms with E-state index in [-0.39, 0.29) is 0 Å². The second-order valence-corrected chi connectivity index (χ2v) is 5.98. The maximum Gasteiger partial charge on any atom is 0.208 e. The summed E-state index contributed by atoms with van der Waals surface area (Å²) in [5, 5.41) is 3.32. The van der Waals surface area contributed by atoms with E-state index >= 15 is 0 Å². The molecule has 1 aromatic heterocycles. The van der Waals surface area contributed by atoms with Crippen molar-refractivity contribution >= 4 is 15.9 Å². The third-order valence-electron chi connectivity index (χ3n) is 2.77. The molecule has 19 heavy (non-hydrogen) atoms. The van der Waals surface area contributed by atoms with Gasteiger partial charge in [-0.2, -0.15) is 0 Å². The van der Waals surface area contributed by atoms with Gasteiger partial charge in [0.05, 0.1) is 12.7 Å². The lowest BCUT2D eigenvalue weighted by Crippen LogP contribution is -2.18. The van der Waals surface area contributed by atoms with E-state index < -0.39 is 0 Å². The highest BCUT2D eigenvalue weighted by atomic mass is 79.9. The third-order valence-corrected chi connectivity index (χ3v) is 3.46. The number of hydrogen-bond donors (Lipinski definition) is 1. The van der Waals surface area contributed by atoms with Crippen LogP contribution in [0.5, 0.6) is 0 Å². The summed E-state index contributed by atoms with van der Waals surface area (Å²) in [4.78, 5) is 4.31. The monoisotopic (exact) mass is 322 g/mol. The lowest BCUT2D eigenvalue weighted by Gasteiger charge is -2.04. The van der Waals surface area contributed by atoms with E-state index in [1.54, 1.807) is 6.20 Å². The van der Waals surface area contributed by atoms with Gasteiger partial charge in [0.25, 0.3) is 0 Å². The van der Waals surface area contributed by atoms with Gasteiger partial charge in [0, 0.05) is 10.0 Å². The zero-order valence-corrected chi connectivity index (χ0v) is 13.1. The van der Waals surface area contributed by atoms with Gasteiger partial charge in [0.15, 0.2) is 5.76 Å². The van der Waals surface area contributed by atoms with Gasteiger partial charge in [-0.15, -0.1) is 0 Å². The summed E-state index contributed by atoms with van der Waals surface area (Å²) < 4.78 is 6.81. The molecule has 102 valence electrons. The maximum atomic E-state index is 5.78. The lowest BCUT2D eigenvalue weighted by atomic mass is 10.1. The van der Waals surface area contributed by atoms with E-state index in [1.807, 2.05) is 6.07 Å². The van der Waals surface area contributed by atoms with Crippen molar-refractivity contribution in [3.63, 3.8) is 0 Å². The molecule has 0 aliphatic carbocycles. The number of nitrogens with one attached hydrogen (secondary N) is 1. The second-order valence-electron chi connectivity index (χ2n) is 5.13. The SMILES string of the molecule is Cc1ccc(Br)c(-c2cnc(CNCC(C)C)o2)c1. The Kier molecular flexibility index (Phi) is 4.77. The van der Waals surface area contributed by atoms with Crippen LogP contribution in [0.1, 0.15) is 25.3 Å². The standard InChI is InChI=1S/C15H19BrN2O/c1-10(2)7-17-9-15-18-8-14(19-15)12-6-11(3)4-5-13(12)16/h4-6,8,10,17H,7,9H2,1-3H3. The van der Waals surface area contributed by atoms with Crippen LogP contribution in [-0.4, -0.2) is 11.5 Å². The Hall–Kier alpha value is -1.13. The molecule has 1 aromatic carbocycles. The van der Waals surface area contributed by atoms with Crippen LogP contribution in [0.25, 0.3) is 11.3 Å². The van der Waals surface area contributed by atoms with Crippen molar-refractivity contribution in [2.24, 2.45) is 5.92 Å². The summed E-state index contributed by atoms with van der Waals surface area (Å²) in [5.41, 5.74) is 2.25. The maximum absolute atomic E-state index is 5.78. The number of hydrogen-bond acceptors (Lipinski definition) is 3. The molecule has 0 unspecified atom stereocenters. The van der Waals surface area contributed by atoms with Crippen LogP contribution in [0.3, 0.4) is 0 Å². The van der Waals surface area contributed by atoms with Gasteiger partial charge in [-0.05, 0) is 31.5 Å². The molecule has 0 aliphatic rings. The molecule has 0 saturated carbocycles. The first kappa shape index (κ1) is 14.3. The molecule has 0 aliphatic heterocycles. The summed E-state index contributed by atoms with van der Waals surface area (Å²) >= 11 is 3.54. The average Bonchev–Trinajstić information content (AvgIpc) is 2.80. The Morgan fingerprint density at radius 2 is 2.16 bits per heavy atom. The second kappa shape index (κ2) is 6.35. The molecule has 3 nitrogen and oxygen atoms in total. The van der Waals surface area contributed by atoms with Gasteiger partial charge in [-0.1, -0.05) is 41.4 Å². The number of aryl methyl sites for hydroxylation is 1. The fraction of sp³-hybridized carbons (Fsp3) is 0.400. The van der Waals surface area contributed by atoms with E-state index in [2.05, 4.69) is 59.1 Å². The zero-order chi connectivity index (χ0) is 13.8. The van der Waals surface area contributed by atoms with Crippen molar-refractivity contribution in [3.05, 3.63) is 40.3 Å². The van der Waals surface area contributed by atoms with E-state index in [0.29, 0.717) is 12.5 Å². The minimum absolute atomic E-state index is 0.625. The van der Waals surface area contributed by atoms with Gasteiger partial charge in [-0.25, -0.2) is 4.98 Å². The van der Waals surface area contributed by atoms with E-state index in [9.17, 15) is 0 Å². The van der Waals surface area contributed by atoms with Gasteiger partial charge < -0.3 is 9.73 Å². The predicted octanol–water partition coefficient (Wildman–Crippen LogP) is 4.16. The van der Waals surface area contributed by atoms with Crippen molar-refractivity contribution in [2.75, 3.05) is 6.54 Å². The molecule has 1 heterocycles. The molecule has 2 rings (SSSR count). The Balaban J connectivity index is 2.10. The van der Waals surface area contributed by atoms with Crippen LogP contribution in [0.15, 0.2) is 33.3 Å². The average molecular weight is 323 g/mol. The number of oxazole rings is 1. The molecular weight excluding hydrogens is 304 g/mol. The highest BCUT2D eigenvalue weighted by Gasteiger charge is 2.09. The fourth-order valence-electron chi connectivity index (χ4n) is 1.81. The minimum Gasteiger partial charge on any atom is -0.439 e. The number of benzene rings is 1. The first-order valence-corrected chi connectivity index (χ1v) is 7.27. The molecule has 0 amide bonds. The first-order chi connectivity index (χ1) is 9.06. The van der Waals surface area contributed by atoms with Gasteiger partial charge >= 0.3 is 0 Å². The van der Waals surface area contributed by atoms with Crippen LogP contribution in [0, 0.1) is 12.8 Å². The first-order valence-electron chi connectivity index (χ1n) is 6.48. The molecule has 0 atom stereocenters. The summed E-state index contributed by atoms with van der Waals surface area (Å²) in [5.74, 6) is 2.15. The fourth-order valence-corrected chi connectivity index (χ4v) is 2.25. The van der Waals surface area contributed by atoms with Gasteiger partial charge in [0.2, 0.25) is 5.89 Å². The zero-order valence-electron chi connectivity index (χ0n) is 11.5. The normalized spacial score (nSPS) is 11.2. The summed E-state index contributed by atoms with van der Waals surface area (Å²) in [6.07, 6.45) is 1.78. The number of halogens is 1. The lowest BCUT2D eigenvalue weighted by molar-refractivity contribution is 0.459. The van der Waals surface area contributed by atoms with E-state index in [1.165, 1.54) is 5.56 Å². The van der Waals surface area contributed by atoms with Crippen LogP contribution >= 0.6 is 15.9 Å². The Morgan fingerprint density at radius 3 is 2.89 bits per heavy atom. The molecular formula is C15H19BrN2O. The predicted molar refractivity (Wildman–Crippen MR) is 80.9 cm³/mol. The number of rotatable bonds is 5. The molecule has 0 saturated heterocycles. The molecule has 2 aromatic rings. The van der Waals surface area contributed by atoms with Gasteiger partial charge in [-0.3, -0.25) is 0 Å². The Bertz CT molecular complexity index is 549. The molecule has 0 radical (unpaired) electrons. The third kappa shape index (κ3) is 3.91. The van der Waals surface area contributed by atoms with Crippen LogP contribution in [0.2, 0.25) is 0 Å². The number of nitrogens with zero attached hydrogens (tertiary/aromatic N) is 1. The Labute approximate surface area is 122 Å². The molecule has 1 N–H and O–H groups in total. The quantitative estimate of drug-likeness (QED) is 0.898. The number of aromatic nitrogens is 1. The van der Waals surface area contributed by atoms with E-state index in [0.717, 1.165) is 28.2 Å². The molecule has 0 bridgehead atoms. The largest absolute Gasteiger partial charge is 0.439 e. The van der Waals surface area contributed by atoms with Gasteiger partial charge in [0.1, 0.15) is 0 Å². The van der Waals surface area contributed by atoms with Crippen molar-refractivity contribution in [1.29, 1.82) is 0 Å². The minimum atomic E-state index is 0.625. The van der Waals surface area contributed by atoms with Crippen molar-refractivity contribution in [2.45, 2.75) is 27.3 Å². The van der Waals surface area contributed by atoms with Crippen molar-refractivity contribution in [3.8, 4) is 11.3 Å². The summed E-state index contributed by atoms with van der Waals surface area (Å²) in [6, 6.07) is 6.19. The molecule has 0 spiro atoms. The van der Waals surface area contributed by atoms with E-state index in [4.69, 9.17) is 4.42 Å². The summed E-state index contributed by atoms with van der Waals surface area (Å²) in [7, 11) is 0. The van der Waals surface area contributed by atoms with Crippen molar-refractivity contribution < 1.29 is 4.42 Å². The van der Waals surface area contributed by atoms with Crippen LogP contribution < -0.4 is 5.32 Å². The molecule has 0 fully saturated rings. The topological polar surface area (TPSA) is 38.1 Å². The summed E-state index contributed by atoms with van der Waals surface area (Å²) in [6.45, 7) is 8.06. The highest BCUT2D eigenvalue weighted by molar-refractivity contribution is 9.10. The smallest absolute Gasteiger partial charge is 0.208 e. The molecule has 4 heteroatoms. The highest BCUT2D eigenvalue weighted by Crippen LogP contribution is 2.29. The Morgan fingerprint density at radius 1 is 1.37 bits per heavy atom. The van der Waals surface area contributed by atoms with Crippen LogP contribution in [-0.2, 0) is 6.54 Å².